The maximum atomic E-state index is 12.2. The number of halogens is 2. The fourth-order valence-electron chi connectivity index (χ4n) is 2.14. The van der Waals surface area contributed by atoms with E-state index in [1.807, 2.05) is 6.07 Å². The molecule has 0 amide bonds. The summed E-state index contributed by atoms with van der Waals surface area (Å²) in [5.74, 6) is -0.164. The van der Waals surface area contributed by atoms with E-state index in [-0.39, 0.29) is 38.0 Å². The SMILES string of the molecule is N#Cc1ccccc1-c1cc(=O)c2cc(Cl)c(O)c(Cl)c2o1. The van der Waals surface area contributed by atoms with Gasteiger partial charge in [-0.25, -0.2) is 0 Å². The van der Waals surface area contributed by atoms with Crippen LogP contribution in [-0.2, 0) is 0 Å². The molecule has 0 aliphatic heterocycles. The summed E-state index contributed by atoms with van der Waals surface area (Å²) in [6, 6.07) is 11.3. The van der Waals surface area contributed by atoms with Crippen LogP contribution in [0.25, 0.3) is 22.3 Å². The van der Waals surface area contributed by atoms with Gasteiger partial charge < -0.3 is 9.52 Å². The molecule has 0 fully saturated rings. The van der Waals surface area contributed by atoms with Gasteiger partial charge in [0.25, 0.3) is 0 Å². The van der Waals surface area contributed by atoms with Crippen LogP contribution >= 0.6 is 23.2 Å². The van der Waals surface area contributed by atoms with Crippen molar-refractivity contribution in [1.82, 2.24) is 0 Å². The summed E-state index contributed by atoms with van der Waals surface area (Å²) in [5.41, 5.74) is 0.486. The first-order valence-corrected chi connectivity index (χ1v) is 6.93. The quantitative estimate of drug-likeness (QED) is 0.719. The fourth-order valence-corrected chi connectivity index (χ4v) is 2.63. The molecule has 0 radical (unpaired) electrons. The van der Waals surface area contributed by atoms with Crippen LogP contribution in [-0.4, -0.2) is 5.11 Å². The van der Waals surface area contributed by atoms with Gasteiger partial charge in [-0.1, -0.05) is 35.3 Å². The third-order valence-electron chi connectivity index (χ3n) is 3.20. The molecule has 6 heteroatoms. The molecular formula is C16H7Cl2NO3. The minimum absolute atomic E-state index is 0.0267. The Bertz CT molecular complexity index is 1000. The van der Waals surface area contributed by atoms with E-state index in [0.717, 1.165) is 0 Å². The third-order valence-corrected chi connectivity index (χ3v) is 3.84. The van der Waals surface area contributed by atoms with Crippen molar-refractivity contribution in [3.05, 3.63) is 62.2 Å². The first-order valence-electron chi connectivity index (χ1n) is 6.17. The van der Waals surface area contributed by atoms with Gasteiger partial charge >= 0.3 is 0 Å². The van der Waals surface area contributed by atoms with Crippen LogP contribution < -0.4 is 5.43 Å². The molecule has 1 aromatic heterocycles. The van der Waals surface area contributed by atoms with Gasteiger partial charge in [0.1, 0.15) is 10.8 Å². The summed E-state index contributed by atoms with van der Waals surface area (Å²) in [4.78, 5) is 12.2. The Labute approximate surface area is 134 Å². The van der Waals surface area contributed by atoms with E-state index in [1.54, 1.807) is 24.3 Å². The van der Waals surface area contributed by atoms with Crippen LogP contribution in [0.3, 0.4) is 0 Å². The minimum Gasteiger partial charge on any atom is -0.505 e. The number of rotatable bonds is 1. The maximum absolute atomic E-state index is 12.2. The highest BCUT2D eigenvalue weighted by Crippen LogP contribution is 2.38. The molecule has 0 atom stereocenters. The molecule has 22 heavy (non-hydrogen) atoms. The number of nitriles is 1. The van der Waals surface area contributed by atoms with Crippen LogP contribution in [0.15, 0.2) is 45.6 Å². The van der Waals surface area contributed by atoms with Crippen molar-refractivity contribution in [3.8, 4) is 23.1 Å². The second-order valence-corrected chi connectivity index (χ2v) is 5.32. The van der Waals surface area contributed by atoms with Gasteiger partial charge in [0.15, 0.2) is 16.8 Å². The molecule has 108 valence electrons. The van der Waals surface area contributed by atoms with Crippen molar-refractivity contribution < 1.29 is 9.52 Å². The second-order valence-electron chi connectivity index (χ2n) is 4.53. The second kappa shape index (κ2) is 5.38. The zero-order valence-electron chi connectivity index (χ0n) is 10.9. The lowest BCUT2D eigenvalue weighted by molar-refractivity contribution is 0.475. The standard InChI is InChI=1S/C16H7Cl2NO3/c17-11-5-10-12(20)6-13(22-16(10)14(18)15(11)21)9-4-2-1-3-8(9)7-19/h1-6,21H. The van der Waals surface area contributed by atoms with Gasteiger partial charge in [-0.2, -0.15) is 5.26 Å². The molecule has 0 saturated carbocycles. The van der Waals surface area contributed by atoms with Crippen LogP contribution in [0.2, 0.25) is 10.0 Å². The molecule has 0 aliphatic carbocycles. The van der Waals surface area contributed by atoms with Crippen LogP contribution in [0.5, 0.6) is 5.75 Å². The number of fused-ring (bicyclic) bond motifs is 1. The lowest BCUT2D eigenvalue weighted by Crippen LogP contribution is -2.01. The van der Waals surface area contributed by atoms with Crippen molar-refractivity contribution in [3.63, 3.8) is 0 Å². The molecule has 0 saturated heterocycles. The molecule has 3 aromatic rings. The predicted octanol–water partition coefficient (Wildman–Crippen LogP) is 4.34. The van der Waals surface area contributed by atoms with Crippen LogP contribution in [0, 0.1) is 11.3 Å². The number of phenols is 1. The van der Waals surface area contributed by atoms with Crippen molar-refractivity contribution in [2.75, 3.05) is 0 Å². The fraction of sp³-hybridized carbons (Fsp3) is 0. The number of hydrogen-bond acceptors (Lipinski definition) is 4. The molecule has 1 N–H and O–H groups in total. The smallest absolute Gasteiger partial charge is 0.193 e. The minimum atomic E-state index is -0.368. The normalized spacial score (nSPS) is 10.6. The van der Waals surface area contributed by atoms with Crippen LogP contribution in [0.1, 0.15) is 5.56 Å². The molecule has 3 rings (SSSR count). The van der Waals surface area contributed by atoms with Gasteiger partial charge in [0.2, 0.25) is 0 Å². The van der Waals surface area contributed by atoms with Crippen LogP contribution in [0.4, 0.5) is 0 Å². The first-order chi connectivity index (χ1) is 10.5. The van der Waals surface area contributed by atoms with E-state index in [4.69, 9.17) is 32.9 Å². The van der Waals surface area contributed by atoms with E-state index in [9.17, 15) is 9.90 Å². The number of nitrogens with zero attached hydrogens (tertiary/aromatic N) is 1. The van der Waals surface area contributed by atoms with Crippen molar-refractivity contribution in [2.45, 2.75) is 0 Å². The highest BCUT2D eigenvalue weighted by Gasteiger charge is 2.17. The summed E-state index contributed by atoms with van der Waals surface area (Å²) in [6.07, 6.45) is 0. The van der Waals surface area contributed by atoms with E-state index in [0.29, 0.717) is 11.1 Å². The highest BCUT2D eigenvalue weighted by atomic mass is 35.5. The van der Waals surface area contributed by atoms with Gasteiger partial charge in [0.05, 0.1) is 22.0 Å². The Kier molecular flexibility index (Phi) is 3.53. The summed E-state index contributed by atoms with van der Waals surface area (Å²) in [7, 11) is 0. The topological polar surface area (TPSA) is 74.2 Å². The number of hydrogen-bond donors (Lipinski definition) is 1. The average molecular weight is 332 g/mol. The Morgan fingerprint density at radius 1 is 1.18 bits per heavy atom. The molecule has 4 nitrogen and oxygen atoms in total. The zero-order valence-corrected chi connectivity index (χ0v) is 12.4. The van der Waals surface area contributed by atoms with Crippen molar-refractivity contribution >= 4 is 34.2 Å². The molecule has 0 aliphatic rings. The Hall–Kier alpha value is -2.48. The first kappa shape index (κ1) is 14.5. The Balaban J connectivity index is 2.40. The Morgan fingerprint density at radius 2 is 1.91 bits per heavy atom. The predicted molar refractivity (Wildman–Crippen MR) is 84.3 cm³/mol. The summed E-state index contributed by atoms with van der Waals surface area (Å²) in [5, 5.41) is 18.9. The molecule has 0 unspecified atom stereocenters. The van der Waals surface area contributed by atoms with Gasteiger partial charge in [-0.3, -0.25) is 4.79 Å². The number of benzene rings is 2. The molecule has 1 heterocycles. The zero-order chi connectivity index (χ0) is 15.9. The van der Waals surface area contributed by atoms with E-state index in [2.05, 4.69) is 0 Å². The lowest BCUT2D eigenvalue weighted by atomic mass is 10.1. The third kappa shape index (κ3) is 2.21. The van der Waals surface area contributed by atoms with Gasteiger partial charge in [-0.15, -0.1) is 0 Å². The van der Waals surface area contributed by atoms with E-state index < -0.39 is 0 Å². The number of phenolic OH excluding ortho intramolecular Hbond substituents is 1. The van der Waals surface area contributed by atoms with Crippen molar-refractivity contribution in [2.24, 2.45) is 0 Å². The Morgan fingerprint density at radius 3 is 2.64 bits per heavy atom. The molecular weight excluding hydrogens is 325 g/mol. The average Bonchev–Trinajstić information content (AvgIpc) is 2.53. The summed E-state index contributed by atoms with van der Waals surface area (Å²) in [6.45, 7) is 0. The largest absolute Gasteiger partial charge is 0.505 e. The summed E-state index contributed by atoms with van der Waals surface area (Å²) >= 11 is 11.8. The molecule has 2 aromatic carbocycles. The monoisotopic (exact) mass is 331 g/mol. The van der Waals surface area contributed by atoms with Gasteiger partial charge in [0, 0.05) is 11.6 Å². The highest BCUT2D eigenvalue weighted by molar-refractivity contribution is 6.40. The number of aromatic hydroxyl groups is 1. The lowest BCUT2D eigenvalue weighted by Gasteiger charge is -2.07. The van der Waals surface area contributed by atoms with E-state index in [1.165, 1.54) is 12.1 Å². The van der Waals surface area contributed by atoms with Crippen molar-refractivity contribution in [1.29, 1.82) is 5.26 Å². The maximum Gasteiger partial charge on any atom is 0.193 e. The molecule has 0 spiro atoms. The molecule has 0 bridgehead atoms. The summed E-state index contributed by atoms with van der Waals surface area (Å²) < 4.78 is 5.64. The van der Waals surface area contributed by atoms with Gasteiger partial charge in [-0.05, 0) is 18.2 Å². The van der Waals surface area contributed by atoms with E-state index >= 15 is 0 Å².